The molecule has 0 saturated carbocycles. The summed E-state index contributed by atoms with van der Waals surface area (Å²) in [5.74, 6) is 0.123. The predicted molar refractivity (Wildman–Crippen MR) is 84.0 cm³/mol. The second-order valence-corrected chi connectivity index (χ2v) is 6.49. The Morgan fingerprint density at radius 2 is 2.30 bits per heavy atom. The van der Waals surface area contributed by atoms with E-state index in [2.05, 4.69) is 0 Å². The maximum Gasteiger partial charge on any atom is 0.257 e. The van der Waals surface area contributed by atoms with Crippen molar-refractivity contribution in [1.82, 2.24) is 9.80 Å². The molecule has 0 radical (unpaired) electrons. The van der Waals surface area contributed by atoms with E-state index in [1.807, 2.05) is 9.80 Å². The minimum Gasteiger partial charge on any atom is -0.472 e. The molecule has 2 fully saturated rings. The largest absolute Gasteiger partial charge is 0.472 e. The van der Waals surface area contributed by atoms with Crippen LogP contribution in [0.25, 0.3) is 0 Å². The highest BCUT2D eigenvalue weighted by molar-refractivity contribution is 5.95. The lowest BCUT2D eigenvalue weighted by atomic mass is 9.85. The zero-order valence-corrected chi connectivity index (χ0v) is 13.6. The first kappa shape index (κ1) is 16.1. The van der Waals surface area contributed by atoms with E-state index in [0.29, 0.717) is 38.2 Å². The molecule has 0 N–H and O–H groups in total. The van der Waals surface area contributed by atoms with Crippen molar-refractivity contribution in [3.63, 3.8) is 0 Å². The molecule has 0 bridgehead atoms. The topological polar surface area (TPSA) is 63.0 Å². The molecule has 23 heavy (non-hydrogen) atoms. The summed E-state index contributed by atoms with van der Waals surface area (Å²) in [6.07, 6.45) is 7.21. The second kappa shape index (κ2) is 6.74. The van der Waals surface area contributed by atoms with Gasteiger partial charge in [0.2, 0.25) is 5.91 Å². The van der Waals surface area contributed by atoms with E-state index >= 15 is 0 Å². The molecule has 0 aromatic carbocycles. The van der Waals surface area contributed by atoms with Gasteiger partial charge in [-0.1, -0.05) is 0 Å². The summed E-state index contributed by atoms with van der Waals surface area (Å²) in [5.41, 5.74) is 0.216. The lowest BCUT2D eigenvalue weighted by Crippen LogP contribution is -2.56. The Hall–Kier alpha value is -1.82. The molecule has 126 valence electrons. The number of nitrogens with zero attached hydrogens (tertiary/aromatic N) is 2. The summed E-state index contributed by atoms with van der Waals surface area (Å²) >= 11 is 0. The third kappa shape index (κ3) is 3.13. The van der Waals surface area contributed by atoms with E-state index in [-0.39, 0.29) is 17.4 Å². The minimum atomic E-state index is -0.350. The van der Waals surface area contributed by atoms with Gasteiger partial charge in [-0.3, -0.25) is 9.59 Å². The van der Waals surface area contributed by atoms with Gasteiger partial charge < -0.3 is 19.0 Å². The molecule has 3 rings (SSSR count). The minimum absolute atomic E-state index is 0.0232. The Morgan fingerprint density at radius 3 is 3.04 bits per heavy atom. The van der Waals surface area contributed by atoms with Gasteiger partial charge in [0, 0.05) is 33.4 Å². The molecule has 1 spiro atoms. The number of likely N-dealkylation sites (tertiary alicyclic amines) is 2. The molecule has 2 saturated heterocycles. The van der Waals surface area contributed by atoms with Crippen LogP contribution in [0.1, 0.15) is 42.5 Å². The van der Waals surface area contributed by atoms with Crippen LogP contribution in [-0.2, 0) is 9.53 Å². The zero-order chi connectivity index (χ0) is 16.3. The first-order valence-electron chi connectivity index (χ1n) is 8.27. The van der Waals surface area contributed by atoms with E-state index < -0.39 is 0 Å². The predicted octanol–water partition coefficient (Wildman–Crippen LogP) is 1.91. The van der Waals surface area contributed by atoms with Crippen molar-refractivity contribution in [3.8, 4) is 0 Å². The molecule has 1 aromatic heterocycles. The van der Waals surface area contributed by atoms with Gasteiger partial charge in [0.25, 0.3) is 5.91 Å². The number of carbonyl (C=O) groups is 2. The van der Waals surface area contributed by atoms with E-state index in [0.717, 1.165) is 25.7 Å². The number of furan rings is 1. The molecule has 6 heteroatoms. The van der Waals surface area contributed by atoms with Crippen molar-refractivity contribution in [3.05, 3.63) is 24.2 Å². The van der Waals surface area contributed by atoms with Crippen LogP contribution in [0.2, 0.25) is 0 Å². The smallest absolute Gasteiger partial charge is 0.257 e. The number of hydrogen-bond donors (Lipinski definition) is 0. The standard InChI is InChI=1S/C17H24N2O4/c1-22-9-4-7-18-13-17(11-15(18)20)6-2-3-8-19(17)16(21)14-5-10-23-12-14/h5,10,12H,2-4,6-9,11,13H2,1H3/t17-/m1/s1. The number of ether oxygens (including phenoxy) is 1. The third-order valence-corrected chi connectivity index (χ3v) is 4.95. The van der Waals surface area contributed by atoms with E-state index in [4.69, 9.17) is 9.15 Å². The van der Waals surface area contributed by atoms with Gasteiger partial charge in [0.15, 0.2) is 0 Å². The molecular formula is C17H24N2O4. The maximum absolute atomic E-state index is 12.8. The maximum atomic E-state index is 12.8. The highest BCUT2D eigenvalue weighted by Crippen LogP contribution is 2.38. The first-order valence-corrected chi connectivity index (χ1v) is 8.27. The van der Waals surface area contributed by atoms with Crippen LogP contribution in [0.3, 0.4) is 0 Å². The molecule has 2 aliphatic heterocycles. The quantitative estimate of drug-likeness (QED) is 0.778. The molecule has 1 aromatic rings. The Balaban J connectivity index is 1.75. The lowest BCUT2D eigenvalue weighted by molar-refractivity contribution is -0.128. The van der Waals surface area contributed by atoms with Gasteiger partial charge >= 0.3 is 0 Å². The van der Waals surface area contributed by atoms with Crippen LogP contribution in [0, 0.1) is 0 Å². The van der Waals surface area contributed by atoms with Crippen molar-refractivity contribution in [2.24, 2.45) is 0 Å². The SMILES string of the molecule is COCCCN1C[C@@]2(CCCCN2C(=O)c2ccoc2)CC1=O. The van der Waals surface area contributed by atoms with Crippen molar-refractivity contribution in [2.75, 3.05) is 33.4 Å². The van der Waals surface area contributed by atoms with Crippen molar-refractivity contribution in [2.45, 2.75) is 37.6 Å². The van der Waals surface area contributed by atoms with Crippen molar-refractivity contribution < 1.29 is 18.7 Å². The number of methoxy groups -OCH3 is 1. The van der Waals surface area contributed by atoms with Crippen molar-refractivity contribution in [1.29, 1.82) is 0 Å². The fourth-order valence-corrected chi connectivity index (χ4v) is 3.80. The Kier molecular flexibility index (Phi) is 4.71. The average molecular weight is 320 g/mol. The Bertz CT molecular complexity index is 557. The number of amides is 2. The molecule has 0 aliphatic carbocycles. The van der Waals surface area contributed by atoms with Gasteiger partial charge in [0.05, 0.1) is 23.8 Å². The summed E-state index contributed by atoms with van der Waals surface area (Å²) in [6, 6.07) is 1.69. The summed E-state index contributed by atoms with van der Waals surface area (Å²) in [7, 11) is 1.67. The molecule has 3 heterocycles. The fourth-order valence-electron chi connectivity index (χ4n) is 3.80. The highest BCUT2D eigenvalue weighted by Gasteiger charge is 2.49. The highest BCUT2D eigenvalue weighted by atomic mass is 16.5. The van der Waals surface area contributed by atoms with Gasteiger partial charge in [0.1, 0.15) is 6.26 Å². The lowest BCUT2D eigenvalue weighted by Gasteiger charge is -2.44. The molecule has 0 unspecified atom stereocenters. The molecular weight excluding hydrogens is 296 g/mol. The van der Waals surface area contributed by atoms with Gasteiger partial charge in [-0.15, -0.1) is 0 Å². The van der Waals surface area contributed by atoms with Crippen LogP contribution in [0.5, 0.6) is 0 Å². The van der Waals surface area contributed by atoms with E-state index in [1.165, 1.54) is 12.5 Å². The Labute approximate surface area is 136 Å². The molecule has 1 atom stereocenters. The van der Waals surface area contributed by atoms with Crippen LogP contribution in [0.15, 0.2) is 23.0 Å². The van der Waals surface area contributed by atoms with Crippen LogP contribution in [-0.4, -0.2) is 60.5 Å². The molecule has 2 aliphatic rings. The van der Waals surface area contributed by atoms with E-state index in [9.17, 15) is 9.59 Å². The number of piperidine rings is 1. The van der Waals surface area contributed by atoms with Crippen LogP contribution in [0.4, 0.5) is 0 Å². The molecule has 6 nitrogen and oxygen atoms in total. The van der Waals surface area contributed by atoms with Gasteiger partial charge in [-0.2, -0.15) is 0 Å². The van der Waals surface area contributed by atoms with Gasteiger partial charge in [-0.25, -0.2) is 0 Å². The van der Waals surface area contributed by atoms with Crippen LogP contribution >= 0.6 is 0 Å². The summed E-state index contributed by atoms with van der Waals surface area (Å²) in [6.45, 7) is 2.69. The van der Waals surface area contributed by atoms with E-state index in [1.54, 1.807) is 13.2 Å². The first-order chi connectivity index (χ1) is 11.2. The monoisotopic (exact) mass is 320 g/mol. The second-order valence-electron chi connectivity index (χ2n) is 6.49. The van der Waals surface area contributed by atoms with Crippen LogP contribution < -0.4 is 0 Å². The summed E-state index contributed by atoms with van der Waals surface area (Å²) in [5, 5.41) is 0. The number of hydrogen-bond acceptors (Lipinski definition) is 4. The average Bonchev–Trinajstić information content (AvgIpc) is 3.17. The zero-order valence-electron chi connectivity index (χ0n) is 13.6. The number of rotatable bonds is 5. The van der Waals surface area contributed by atoms with Crippen molar-refractivity contribution >= 4 is 11.8 Å². The summed E-state index contributed by atoms with van der Waals surface area (Å²) in [4.78, 5) is 29.0. The Morgan fingerprint density at radius 1 is 1.43 bits per heavy atom. The number of carbonyl (C=O) groups excluding carboxylic acids is 2. The van der Waals surface area contributed by atoms with Gasteiger partial charge in [-0.05, 0) is 31.7 Å². The third-order valence-electron chi connectivity index (χ3n) is 4.95. The molecule has 2 amide bonds. The fraction of sp³-hybridized carbons (Fsp3) is 0.647. The summed E-state index contributed by atoms with van der Waals surface area (Å²) < 4.78 is 10.1. The normalized spacial score (nSPS) is 24.7.